The highest BCUT2D eigenvalue weighted by atomic mass is 35.5. The Morgan fingerprint density at radius 1 is 0.914 bits per heavy atom. The number of hydrogen-bond acceptors (Lipinski definition) is 3. The molecule has 6 heteroatoms. The van der Waals surface area contributed by atoms with Crippen molar-refractivity contribution in [1.82, 2.24) is 0 Å². The molecule has 2 atom stereocenters. The second kappa shape index (κ2) is 9.74. The summed E-state index contributed by atoms with van der Waals surface area (Å²) >= 11 is 6.09. The van der Waals surface area contributed by atoms with E-state index in [1.165, 1.54) is 18.5 Å². The van der Waals surface area contributed by atoms with Gasteiger partial charge in [0.05, 0.1) is 6.04 Å². The molecule has 5 nitrogen and oxygen atoms in total. The van der Waals surface area contributed by atoms with Crippen molar-refractivity contribution in [3.8, 4) is 0 Å². The van der Waals surface area contributed by atoms with Gasteiger partial charge in [0.1, 0.15) is 0 Å². The van der Waals surface area contributed by atoms with E-state index >= 15 is 0 Å². The molecule has 1 fully saturated rings. The number of fused-ring (bicyclic) bond motifs is 1. The average molecular weight is 488 g/mol. The molecule has 0 radical (unpaired) electrons. The Labute approximate surface area is 211 Å². The smallest absolute Gasteiger partial charge is 0.258 e. The number of rotatable bonds is 4. The third kappa shape index (κ3) is 4.53. The number of anilines is 3. The van der Waals surface area contributed by atoms with Crippen molar-refractivity contribution in [2.75, 3.05) is 27.8 Å². The zero-order valence-corrected chi connectivity index (χ0v) is 20.9. The molecular weight excluding hydrogens is 458 g/mol. The van der Waals surface area contributed by atoms with Gasteiger partial charge in [-0.1, -0.05) is 29.8 Å². The minimum atomic E-state index is -0.179. The molecule has 1 saturated heterocycles. The Kier molecular flexibility index (Phi) is 6.52. The molecule has 0 aliphatic carbocycles. The summed E-state index contributed by atoms with van der Waals surface area (Å²) in [4.78, 5) is 32.6. The minimum absolute atomic E-state index is 0.0164. The van der Waals surface area contributed by atoms with Crippen molar-refractivity contribution in [1.29, 1.82) is 0 Å². The van der Waals surface area contributed by atoms with Crippen LogP contribution in [0.1, 0.15) is 55.1 Å². The molecule has 2 unspecified atom stereocenters. The van der Waals surface area contributed by atoms with Gasteiger partial charge in [0.25, 0.3) is 5.91 Å². The first-order valence-electron chi connectivity index (χ1n) is 12.3. The fourth-order valence-corrected chi connectivity index (χ4v) is 5.57. The van der Waals surface area contributed by atoms with Gasteiger partial charge in [-0.3, -0.25) is 9.59 Å². The SMILES string of the molecule is CC(=O)N(c1ccc(Cl)cc1)C1CC(C)N(C(=O)c2ccc(N3CCCC3)cc2)c2ccccc21. The number of amides is 2. The summed E-state index contributed by atoms with van der Waals surface area (Å²) in [5.74, 6) is -0.0613. The lowest BCUT2D eigenvalue weighted by Gasteiger charge is -2.43. The van der Waals surface area contributed by atoms with Crippen LogP contribution in [0.25, 0.3) is 0 Å². The van der Waals surface area contributed by atoms with Crippen LogP contribution in [0.3, 0.4) is 0 Å². The van der Waals surface area contributed by atoms with Crippen LogP contribution in [0.2, 0.25) is 5.02 Å². The van der Waals surface area contributed by atoms with E-state index in [0.29, 0.717) is 17.0 Å². The molecule has 2 heterocycles. The van der Waals surface area contributed by atoms with Gasteiger partial charge in [0.15, 0.2) is 0 Å². The van der Waals surface area contributed by atoms with Gasteiger partial charge in [-0.05, 0) is 86.3 Å². The molecule has 2 aliphatic rings. The van der Waals surface area contributed by atoms with E-state index < -0.39 is 0 Å². The van der Waals surface area contributed by atoms with Crippen LogP contribution >= 0.6 is 11.6 Å². The van der Waals surface area contributed by atoms with Gasteiger partial charge >= 0.3 is 0 Å². The number of para-hydroxylation sites is 1. The van der Waals surface area contributed by atoms with Gasteiger partial charge < -0.3 is 14.7 Å². The van der Waals surface area contributed by atoms with E-state index in [-0.39, 0.29) is 23.9 Å². The number of nitrogens with zero attached hydrogens (tertiary/aromatic N) is 3. The van der Waals surface area contributed by atoms with Crippen molar-refractivity contribution in [3.63, 3.8) is 0 Å². The second-order valence-corrected chi connectivity index (χ2v) is 9.88. The molecule has 3 aromatic rings. The van der Waals surface area contributed by atoms with Crippen LogP contribution in [-0.4, -0.2) is 30.9 Å². The van der Waals surface area contributed by atoms with E-state index in [1.807, 2.05) is 58.3 Å². The summed E-state index contributed by atoms with van der Waals surface area (Å²) < 4.78 is 0. The summed E-state index contributed by atoms with van der Waals surface area (Å²) in [6.07, 6.45) is 3.07. The molecule has 2 amide bonds. The van der Waals surface area contributed by atoms with E-state index in [1.54, 1.807) is 19.1 Å². The van der Waals surface area contributed by atoms with Crippen molar-refractivity contribution in [2.45, 2.75) is 45.2 Å². The molecular formula is C29H30ClN3O2. The number of carbonyl (C=O) groups excluding carboxylic acids is 2. The molecule has 0 spiro atoms. The molecule has 35 heavy (non-hydrogen) atoms. The van der Waals surface area contributed by atoms with Crippen LogP contribution in [0.15, 0.2) is 72.8 Å². The standard InChI is InChI=1S/C29H30ClN3O2/c1-20-19-28(33(21(2)34)25-15-11-23(30)12-16-25)26-7-3-4-8-27(26)32(20)29(35)22-9-13-24(14-10-22)31-17-5-6-18-31/h3-4,7-16,20,28H,5-6,17-19H2,1-2H3. The van der Waals surface area contributed by atoms with Crippen molar-refractivity contribution in [2.24, 2.45) is 0 Å². The first-order chi connectivity index (χ1) is 16.9. The lowest BCUT2D eigenvalue weighted by atomic mass is 9.89. The molecule has 0 N–H and O–H groups in total. The minimum Gasteiger partial charge on any atom is -0.372 e. The maximum Gasteiger partial charge on any atom is 0.258 e. The van der Waals surface area contributed by atoms with E-state index in [2.05, 4.69) is 24.0 Å². The van der Waals surface area contributed by atoms with Crippen molar-refractivity contribution in [3.05, 3.63) is 88.9 Å². The Hall–Kier alpha value is -3.31. The molecule has 2 aliphatic heterocycles. The van der Waals surface area contributed by atoms with E-state index in [4.69, 9.17) is 11.6 Å². The third-order valence-corrected chi connectivity index (χ3v) is 7.37. The highest BCUT2D eigenvalue weighted by Gasteiger charge is 2.38. The summed E-state index contributed by atoms with van der Waals surface area (Å²) in [6.45, 7) is 5.79. The zero-order valence-electron chi connectivity index (χ0n) is 20.2. The number of hydrogen-bond donors (Lipinski definition) is 0. The first kappa shape index (κ1) is 23.4. The summed E-state index contributed by atoms with van der Waals surface area (Å²) in [5, 5.41) is 0.627. The normalized spacial score (nSPS) is 19.4. The molecule has 180 valence electrons. The lowest BCUT2D eigenvalue weighted by molar-refractivity contribution is -0.117. The van der Waals surface area contributed by atoms with Crippen LogP contribution < -0.4 is 14.7 Å². The van der Waals surface area contributed by atoms with Crippen LogP contribution in [-0.2, 0) is 4.79 Å². The molecule has 0 bridgehead atoms. The number of benzene rings is 3. The van der Waals surface area contributed by atoms with E-state index in [9.17, 15) is 9.59 Å². The van der Waals surface area contributed by atoms with Crippen LogP contribution in [0.4, 0.5) is 17.1 Å². The molecule has 3 aromatic carbocycles. The van der Waals surface area contributed by atoms with Crippen molar-refractivity contribution < 1.29 is 9.59 Å². The van der Waals surface area contributed by atoms with Crippen molar-refractivity contribution >= 4 is 40.5 Å². The maximum absolute atomic E-state index is 13.7. The molecule has 5 rings (SSSR count). The summed E-state index contributed by atoms with van der Waals surface area (Å²) in [6, 6.07) is 23.0. The van der Waals surface area contributed by atoms with Gasteiger partial charge in [-0.2, -0.15) is 0 Å². The fourth-order valence-electron chi connectivity index (χ4n) is 5.45. The first-order valence-corrected chi connectivity index (χ1v) is 12.6. The predicted octanol–water partition coefficient (Wildman–Crippen LogP) is 6.47. The molecule has 0 saturated carbocycles. The lowest BCUT2D eigenvalue weighted by Crippen LogP contribution is -2.47. The van der Waals surface area contributed by atoms with Gasteiger partial charge in [0, 0.05) is 53.7 Å². The van der Waals surface area contributed by atoms with Crippen LogP contribution in [0.5, 0.6) is 0 Å². The quantitative estimate of drug-likeness (QED) is 0.423. The maximum atomic E-state index is 13.7. The summed E-state index contributed by atoms with van der Waals surface area (Å²) in [7, 11) is 0. The Morgan fingerprint density at radius 3 is 2.23 bits per heavy atom. The fraction of sp³-hybridized carbons (Fsp3) is 0.310. The predicted molar refractivity (Wildman–Crippen MR) is 143 cm³/mol. The highest BCUT2D eigenvalue weighted by Crippen LogP contribution is 2.43. The number of halogens is 1. The van der Waals surface area contributed by atoms with E-state index in [0.717, 1.165) is 30.0 Å². The third-order valence-electron chi connectivity index (χ3n) is 7.12. The number of carbonyl (C=O) groups is 2. The van der Waals surface area contributed by atoms with Gasteiger partial charge in [-0.25, -0.2) is 0 Å². The average Bonchev–Trinajstić information content (AvgIpc) is 3.40. The monoisotopic (exact) mass is 487 g/mol. The topological polar surface area (TPSA) is 43.9 Å². The largest absolute Gasteiger partial charge is 0.372 e. The summed E-state index contributed by atoms with van der Waals surface area (Å²) in [5.41, 5.74) is 4.47. The van der Waals surface area contributed by atoms with Gasteiger partial charge in [0.2, 0.25) is 5.91 Å². The second-order valence-electron chi connectivity index (χ2n) is 9.44. The zero-order chi connectivity index (χ0) is 24.5. The Morgan fingerprint density at radius 2 is 1.57 bits per heavy atom. The Bertz CT molecular complexity index is 1220. The van der Waals surface area contributed by atoms with Gasteiger partial charge in [-0.15, -0.1) is 0 Å². The molecule has 0 aromatic heterocycles. The van der Waals surface area contributed by atoms with Crippen LogP contribution in [0, 0.1) is 0 Å². The highest BCUT2D eigenvalue weighted by molar-refractivity contribution is 6.30. The Balaban J connectivity index is 1.48.